The summed E-state index contributed by atoms with van der Waals surface area (Å²) in [5.74, 6) is 0.503. The maximum Gasteiger partial charge on any atom is 0.0738 e. The van der Waals surface area contributed by atoms with Gasteiger partial charge in [0.05, 0.1) is 12.0 Å². The standard InChI is InChI=1S/C13H17N/c1-3-7-11(2)13(10-14)12-8-5-4-6-9-12/h4-6,8-9,11,13H,3,7H2,1-2H3/t11-,13-/m1/s1. The van der Waals surface area contributed by atoms with Gasteiger partial charge < -0.3 is 0 Å². The van der Waals surface area contributed by atoms with E-state index in [1.54, 1.807) is 0 Å². The van der Waals surface area contributed by atoms with Crippen molar-refractivity contribution in [3.63, 3.8) is 0 Å². The predicted octanol–water partition coefficient (Wildman–Crippen LogP) is 3.73. The zero-order valence-electron chi connectivity index (χ0n) is 8.90. The number of benzene rings is 1. The van der Waals surface area contributed by atoms with E-state index >= 15 is 0 Å². The van der Waals surface area contributed by atoms with Gasteiger partial charge in [0.2, 0.25) is 0 Å². The van der Waals surface area contributed by atoms with E-state index in [1.165, 1.54) is 0 Å². The highest BCUT2D eigenvalue weighted by Gasteiger charge is 2.17. The maximum absolute atomic E-state index is 9.13. The highest BCUT2D eigenvalue weighted by Crippen LogP contribution is 2.26. The molecule has 0 heterocycles. The lowest BCUT2D eigenvalue weighted by Gasteiger charge is -2.16. The first-order chi connectivity index (χ1) is 6.79. The summed E-state index contributed by atoms with van der Waals surface area (Å²) >= 11 is 0. The van der Waals surface area contributed by atoms with Gasteiger partial charge >= 0.3 is 0 Å². The molecule has 2 atom stereocenters. The minimum atomic E-state index is 0.0520. The first-order valence-corrected chi connectivity index (χ1v) is 5.24. The van der Waals surface area contributed by atoms with E-state index in [0.717, 1.165) is 18.4 Å². The van der Waals surface area contributed by atoms with Crippen LogP contribution < -0.4 is 0 Å². The van der Waals surface area contributed by atoms with Crippen molar-refractivity contribution in [2.24, 2.45) is 5.92 Å². The van der Waals surface area contributed by atoms with Crippen molar-refractivity contribution in [1.29, 1.82) is 5.26 Å². The van der Waals surface area contributed by atoms with Crippen molar-refractivity contribution in [1.82, 2.24) is 0 Å². The summed E-state index contributed by atoms with van der Waals surface area (Å²) in [5.41, 5.74) is 1.15. The summed E-state index contributed by atoms with van der Waals surface area (Å²) in [6.07, 6.45) is 2.26. The summed E-state index contributed by atoms with van der Waals surface area (Å²) in [6, 6.07) is 12.5. The van der Waals surface area contributed by atoms with Gasteiger partial charge in [-0.05, 0) is 17.9 Å². The molecule has 0 fully saturated rings. The Kier molecular flexibility index (Phi) is 4.19. The van der Waals surface area contributed by atoms with Crippen LogP contribution in [0.1, 0.15) is 38.2 Å². The monoisotopic (exact) mass is 187 g/mol. The molecular weight excluding hydrogens is 170 g/mol. The molecule has 0 saturated carbocycles. The lowest BCUT2D eigenvalue weighted by atomic mass is 9.86. The third kappa shape index (κ3) is 2.60. The molecule has 0 radical (unpaired) electrons. The molecule has 0 aliphatic heterocycles. The van der Waals surface area contributed by atoms with Gasteiger partial charge in [0.15, 0.2) is 0 Å². The smallest absolute Gasteiger partial charge is 0.0738 e. The molecule has 0 aliphatic carbocycles. The van der Waals surface area contributed by atoms with Gasteiger partial charge in [-0.2, -0.15) is 5.26 Å². The van der Waals surface area contributed by atoms with Crippen molar-refractivity contribution >= 4 is 0 Å². The van der Waals surface area contributed by atoms with Crippen molar-refractivity contribution in [3.05, 3.63) is 35.9 Å². The Bertz CT molecular complexity index is 297. The van der Waals surface area contributed by atoms with E-state index in [2.05, 4.69) is 19.9 Å². The molecule has 0 aromatic heterocycles. The summed E-state index contributed by atoms with van der Waals surface area (Å²) in [4.78, 5) is 0. The normalized spacial score (nSPS) is 14.4. The highest BCUT2D eigenvalue weighted by molar-refractivity contribution is 5.25. The first-order valence-electron chi connectivity index (χ1n) is 5.24. The highest BCUT2D eigenvalue weighted by atomic mass is 14.3. The Morgan fingerprint density at radius 1 is 1.29 bits per heavy atom. The van der Waals surface area contributed by atoms with Crippen LogP contribution in [0.5, 0.6) is 0 Å². The van der Waals surface area contributed by atoms with Crippen LogP contribution in [0.2, 0.25) is 0 Å². The van der Waals surface area contributed by atoms with E-state index < -0.39 is 0 Å². The van der Waals surface area contributed by atoms with Crippen molar-refractivity contribution in [2.45, 2.75) is 32.6 Å². The molecule has 14 heavy (non-hydrogen) atoms. The topological polar surface area (TPSA) is 23.8 Å². The second kappa shape index (κ2) is 5.44. The van der Waals surface area contributed by atoms with E-state index in [4.69, 9.17) is 5.26 Å². The summed E-state index contributed by atoms with van der Waals surface area (Å²) in [6.45, 7) is 4.32. The van der Waals surface area contributed by atoms with E-state index in [-0.39, 0.29) is 5.92 Å². The van der Waals surface area contributed by atoms with Crippen LogP contribution in [0.25, 0.3) is 0 Å². The minimum Gasteiger partial charge on any atom is -0.198 e. The van der Waals surface area contributed by atoms with Crippen LogP contribution >= 0.6 is 0 Å². The molecule has 0 unspecified atom stereocenters. The molecule has 0 N–H and O–H groups in total. The van der Waals surface area contributed by atoms with Crippen LogP contribution in [0.4, 0.5) is 0 Å². The quantitative estimate of drug-likeness (QED) is 0.704. The first kappa shape index (κ1) is 10.8. The summed E-state index contributed by atoms with van der Waals surface area (Å²) < 4.78 is 0. The summed E-state index contributed by atoms with van der Waals surface area (Å²) in [7, 11) is 0. The van der Waals surface area contributed by atoms with Gasteiger partial charge in [0, 0.05) is 0 Å². The Labute approximate surface area is 86.4 Å². The van der Waals surface area contributed by atoms with Gasteiger partial charge in [0.1, 0.15) is 0 Å². The Morgan fingerprint density at radius 2 is 1.93 bits per heavy atom. The van der Waals surface area contributed by atoms with Crippen molar-refractivity contribution in [2.75, 3.05) is 0 Å². The molecule has 0 aliphatic rings. The minimum absolute atomic E-state index is 0.0520. The fraction of sp³-hybridized carbons (Fsp3) is 0.462. The lowest BCUT2D eigenvalue weighted by molar-refractivity contribution is 0.484. The molecule has 1 nitrogen and oxygen atoms in total. The fourth-order valence-electron chi connectivity index (χ4n) is 1.81. The molecular formula is C13H17N. The van der Waals surface area contributed by atoms with Crippen LogP contribution in [0, 0.1) is 17.2 Å². The second-order valence-electron chi connectivity index (χ2n) is 3.78. The second-order valence-corrected chi connectivity index (χ2v) is 3.78. The number of nitrogens with zero attached hydrogens (tertiary/aromatic N) is 1. The van der Waals surface area contributed by atoms with Crippen molar-refractivity contribution < 1.29 is 0 Å². The van der Waals surface area contributed by atoms with Gasteiger partial charge in [-0.25, -0.2) is 0 Å². The average Bonchev–Trinajstić information content (AvgIpc) is 2.21. The van der Waals surface area contributed by atoms with Crippen molar-refractivity contribution in [3.8, 4) is 6.07 Å². The average molecular weight is 187 g/mol. The number of rotatable bonds is 4. The van der Waals surface area contributed by atoms with Crippen LogP contribution in [0.15, 0.2) is 30.3 Å². The van der Waals surface area contributed by atoms with Crippen LogP contribution in [-0.4, -0.2) is 0 Å². The molecule has 1 aromatic carbocycles. The molecule has 1 heteroatoms. The third-order valence-electron chi connectivity index (χ3n) is 2.61. The Hall–Kier alpha value is -1.29. The Balaban J connectivity index is 2.78. The van der Waals surface area contributed by atoms with E-state index in [0.29, 0.717) is 5.92 Å². The molecule has 1 aromatic rings. The zero-order chi connectivity index (χ0) is 10.4. The molecule has 1 rings (SSSR count). The van der Waals surface area contributed by atoms with Gasteiger partial charge in [0.25, 0.3) is 0 Å². The van der Waals surface area contributed by atoms with Gasteiger partial charge in [-0.1, -0.05) is 50.6 Å². The number of nitriles is 1. The Morgan fingerprint density at radius 3 is 2.43 bits per heavy atom. The molecule has 0 amide bonds. The largest absolute Gasteiger partial charge is 0.198 e. The molecule has 0 saturated heterocycles. The fourth-order valence-corrected chi connectivity index (χ4v) is 1.81. The predicted molar refractivity (Wildman–Crippen MR) is 58.9 cm³/mol. The summed E-state index contributed by atoms with van der Waals surface area (Å²) in [5, 5.41) is 9.13. The zero-order valence-corrected chi connectivity index (χ0v) is 8.90. The van der Waals surface area contributed by atoms with Gasteiger partial charge in [-0.15, -0.1) is 0 Å². The van der Waals surface area contributed by atoms with Gasteiger partial charge in [-0.3, -0.25) is 0 Å². The third-order valence-corrected chi connectivity index (χ3v) is 2.61. The SMILES string of the molecule is CCC[C@@H](C)[C@@H](C#N)c1ccccc1. The maximum atomic E-state index is 9.13. The van der Waals surface area contributed by atoms with E-state index in [1.807, 2.05) is 30.3 Å². The molecule has 74 valence electrons. The molecule has 0 bridgehead atoms. The lowest BCUT2D eigenvalue weighted by Crippen LogP contribution is -2.07. The van der Waals surface area contributed by atoms with Crippen LogP contribution in [-0.2, 0) is 0 Å². The van der Waals surface area contributed by atoms with Crippen LogP contribution in [0.3, 0.4) is 0 Å². The number of hydrogen-bond acceptors (Lipinski definition) is 1. The van der Waals surface area contributed by atoms with E-state index in [9.17, 15) is 0 Å². The number of hydrogen-bond donors (Lipinski definition) is 0. The molecule has 0 spiro atoms.